The highest BCUT2D eigenvalue weighted by molar-refractivity contribution is 6.25. The molecule has 1 aliphatic carbocycles. The van der Waals surface area contributed by atoms with E-state index in [9.17, 15) is 9.59 Å². The lowest BCUT2D eigenvalue weighted by Gasteiger charge is -2.33. The number of carbonyl (C=O) groups is 2. The minimum atomic E-state index is -0.659. The summed E-state index contributed by atoms with van der Waals surface area (Å²) in [5.74, 6) is -0.233. The summed E-state index contributed by atoms with van der Waals surface area (Å²) in [4.78, 5) is 25.3. The van der Waals surface area contributed by atoms with Gasteiger partial charge < -0.3 is 9.47 Å². The normalized spacial score (nSPS) is 15.7. The van der Waals surface area contributed by atoms with Gasteiger partial charge in [0, 0.05) is 11.1 Å². The summed E-state index contributed by atoms with van der Waals surface area (Å²) in [6.07, 6.45) is 1.87. The maximum absolute atomic E-state index is 12.9. The monoisotopic (exact) mass is 660 g/mol. The van der Waals surface area contributed by atoms with Gasteiger partial charge in [0.25, 0.3) is 0 Å². The van der Waals surface area contributed by atoms with E-state index in [2.05, 4.69) is 112 Å². The molecular formula is C46H44O4. The molecule has 0 fully saturated rings. The Balaban J connectivity index is 1.38. The third-order valence-corrected chi connectivity index (χ3v) is 10.3. The Morgan fingerprint density at radius 1 is 0.700 bits per heavy atom. The average Bonchev–Trinajstić information content (AvgIpc) is 3.37. The molecule has 1 aliphatic rings. The van der Waals surface area contributed by atoms with E-state index in [0.717, 1.165) is 39.8 Å². The minimum Gasteiger partial charge on any atom is -0.461 e. The molecule has 6 aromatic rings. The summed E-state index contributed by atoms with van der Waals surface area (Å²) < 4.78 is 11.7. The fourth-order valence-electron chi connectivity index (χ4n) is 7.95. The van der Waals surface area contributed by atoms with E-state index in [4.69, 9.17) is 9.47 Å². The van der Waals surface area contributed by atoms with Gasteiger partial charge in [-0.05, 0) is 123 Å². The van der Waals surface area contributed by atoms with Gasteiger partial charge in [0.05, 0.1) is 11.5 Å². The summed E-state index contributed by atoms with van der Waals surface area (Å²) in [6, 6.07) is 33.3. The molecule has 0 saturated heterocycles. The maximum Gasteiger partial charge on any atom is 0.333 e. The second-order valence-electron chi connectivity index (χ2n) is 14.7. The van der Waals surface area contributed by atoms with Crippen LogP contribution in [-0.2, 0) is 30.9 Å². The molecule has 0 amide bonds. The first-order valence-corrected chi connectivity index (χ1v) is 17.6. The van der Waals surface area contributed by atoms with E-state index in [1.54, 1.807) is 13.8 Å². The van der Waals surface area contributed by atoms with Gasteiger partial charge >= 0.3 is 11.9 Å². The van der Waals surface area contributed by atoms with Gasteiger partial charge in [0.2, 0.25) is 0 Å². The number of fused-ring (bicyclic) bond motifs is 3. The van der Waals surface area contributed by atoms with Gasteiger partial charge in [-0.15, -0.1) is 0 Å². The van der Waals surface area contributed by atoms with Crippen molar-refractivity contribution in [2.45, 2.75) is 65.4 Å². The first-order valence-electron chi connectivity index (χ1n) is 17.6. The molecule has 4 heteroatoms. The van der Waals surface area contributed by atoms with Crippen molar-refractivity contribution in [3.8, 4) is 22.3 Å². The van der Waals surface area contributed by atoms with Gasteiger partial charge in [0.1, 0.15) is 6.61 Å². The molecule has 0 heterocycles. The molecule has 50 heavy (non-hydrogen) atoms. The van der Waals surface area contributed by atoms with Crippen LogP contribution in [0, 0.1) is 5.92 Å². The number of carbonyl (C=O) groups excluding carboxylic acids is 2. The third-order valence-electron chi connectivity index (χ3n) is 10.3. The van der Waals surface area contributed by atoms with Crippen LogP contribution in [0.4, 0.5) is 0 Å². The summed E-state index contributed by atoms with van der Waals surface area (Å²) >= 11 is 0. The Kier molecular flexibility index (Phi) is 8.59. The van der Waals surface area contributed by atoms with Crippen LogP contribution in [0.25, 0.3) is 54.6 Å². The van der Waals surface area contributed by atoms with E-state index >= 15 is 0 Å². The number of hydrogen-bond acceptors (Lipinski definition) is 4. The SMILES string of the molecule is C=C(C)C(=O)OCC1(CCC(C)OC(=O)C(=C)C)c2ccccc2-c2ccc(-c3ccc4ccc5cc(CC(C)C)cc6ccc3c4c56)cc21. The van der Waals surface area contributed by atoms with Gasteiger partial charge in [-0.2, -0.15) is 0 Å². The molecule has 0 spiro atoms. The second-order valence-corrected chi connectivity index (χ2v) is 14.7. The van der Waals surface area contributed by atoms with E-state index in [-0.39, 0.29) is 12.7 Å². The number of esters is 2. The van der Waals surface area contributed by atoms with E-state index in [0.29, 0.717) is 29.9 Å². The number of ether oxygens (including phenoxy) is 2. The predicted octanol–water partition coefficient (Wildman–Crippen LogP) is 11.1. The highest BCUT2D eigenvalue weighted by Crippen LogP contribution is 2.53. The second kappa shape index (κ2) is 12.9. The smallest absolute Gasteiger partial charge is 0.333 e. The van der Waals surface area contributed by atoms with Crippen LogP contribution in [0.5, 0.6) is 0 Å². The van der Waals surface area contributed by atoms with Crippen LogP contribution in [0.1, 0.15) is 64.2 Å². The molecule has 0 aliphatic heterocycles. The molecule has 4 nitrogen and oxygen atoms in total. The zero-order chi connectivity index (χ0) is 35.3. The van der Waals surface area contributed by atoms with Crippen molar-refractivity contribution >= 4 is 44.3 Å². The van der Waals surface area contributed by atoms with Gasteiger partial charge in [-0.3, -0.25) is 0 Å². The van der Waals surface area contributed by atoms with Gasteiger partial charge in [0.15, 0.2) is 0 Å². The van der Waals surface area contributed by atoms with E-state index in [1.807, 2.05) is 13.0 Å². The van der Waals surface area contributed by atoms with Crippen LogP contribution < -0.4 is 0 Å². The van der Waals surface area contributed by atoms with Crippen molar-refractivity contribution < 1.29 is 19.1 Å². The zero-order valence-corrected chi connectivity index (χ0v) is 29.7. The van der Waals surface area contributed by atoms with Crippen molar-refractivity contribution in [2.24, 2.45) is 5.92 Å². The molecule has 0 radical (unpaired) electrons. The molecule has 0 bridgehead atoms. The standard InChI is InChI=1S/C46H44O4/c1-27(2)22-31-23-34-13-12-32-14-17-36(39-19-16-35(24-31)42(34)43(32)39)33-15-18-38-37-10-8-9-11-40(37)46(41(38)25-33,26-49-44(47)28(3)4)21-20-30(7)50-45(48)29(5)6/h8-19,23-25,27,30H,3,5,20-22,26H2,1-2,4,6-7H3. The topological polar surface area (TPSA) is 52.6 Å². The number of rotatable bonds is 11. The Hall–Kier alpha value is -5.22. The van der Waals surface area contributed by atoms with Gasteiger partial charge in [-0.25, -0.2) is 9.59 Å². The fraction of sp³-hybridized carbons (Fsp3) is 0.261. The lowest BCUT2D eigenvalue weighted by Crippen LogP contribution is -2.34. The first kappa shape index (κ1) is 33.3. The molecule has 0 N–H and O–H groups in total. The highest BCUT2D eigenvalue weighted by atomic mass is 16.5. The first-order chi connectivity index (χ1) is 24.0. The van der Waals surface area contributed by atoms with Crippen molar-refractivity contribution in [2.75, 3.05) is 6.61 Å². The fourth-order valence-corrected chi connectivity index (χ4v) is 7.95. The third kappa shape index (κ3) is 5.77. The molecule has 6 aromatic carbocycles. The highest BCUT2D eigenvalue weighted by Gasteiger charge is 2.44. The molecular weight excluding hydrogens is 617 g/mol. The number of benzene rings is 6. The Morgan fingerprint density at radius 3 is 2.06 bits per heavy atom. The van der Waals surface area contributed by atoms with Crippen molar-refractivity contribution in [3.05, 3.63) is 132 Å². The zero-order valence-electron chi connectivity index (χ0n) is 29.7. The van der Waals surface area contributed by atoms with E-state index < -0.39 is 17.4 Å². The molecule has 2 unspecified atom stereocenters. The van der Waals surface area contributed by atoms with Gasteiger partial charge in [-0.1, -0.05) is 112 Å². The molecule has 0 saturated carbocycles. The van der Waals surface area contributed by atoms with Crippen LogP contribution in [0.2, 0.25) is 0 Å². The molecule has 252 valence electrons. The molecule has 7 rings (SSSR count). The van der Waals surface area contributed by atoms with Crippen molar-refractivity contribution in [1.82, 2.24) is 0 Å². The van der Waals surface area contributed by atoms with Crippen LogP contribution in [0.3, 0.4) is 0 Å². The molecule has 0 aromatic heterocycles. The van der Waals surface area contributed by atoms with Crippen molar-refractivity contribution in [1.29, 1.82) is 0 Å². The van der Waals surface area contributed by atoms with E-state index in [1.165, 1.54) is 37.9 Å². The lowest BCUT2D eigenvalue weighted by atomic mass is 9.74. The predicted molar refractivity (Wildman–Crippen MR) is 206 cm³/mol. The van der Waals surface area contributed by atoms with Crippen LogP contribution >= 0.6 is 0 Å². The van der Waals surface area contributed by atoms with Crippen LogP contribution in [0.15, 0.2) is 115 Å². The average molecular weight is 661 g/mol. The Labute approximate surface area is 294 Å². The van der Waals surface area contributed by atoms with Crippen LogP contribution in [-0.4, -0.2) is 24.6 Å². The number of hydrogen-bond donors (Lipinski definition) is 0. The summed E-state index contributed by atoms with van der Waals surface area (Å²) in [5.41, 5.74) is 8.16. The Morgan fingerprint density at radius 2 is 1.34 bits per heavy atom. The maximum atomic E-state index is 12.9. The lowest BCUT2D eigenvalue weighted by molar-refractivity contribution is -0.143. The largest absolute Gasteiger partial charge is 0.461 e. The van der Waals surface area contributed by atoms with Crippen molar-refractivity contribution in [3.63, 3.8) is 0 Å². The molecule has 2 atom stereocenters. The summed E-state index contributed by atoms with van der Waals surface area (Å²) in [5, 5.41) is 7.59. The quantitative estimate of drug-likeness (QED) is 0.0788. The minimum absolute atomic E-state index is 0.143. The summed E-state index contributed by atoms with van der Waals surface area (Å²) in [7, 11) is 0. The summed E-state index contributed by atoms with van der Waals surface area (Å²) in [6.45, 7) is 17.5. The Bertz CT molecular complexity index is 2310.